The maximum atomic E-state index is 12.2. The van der Waals surface area contributed by atoms with E-state index in [4.69, 9.17) is 4.74 Å². The number of para-hydroxylation sites is 1. The van der Waals surface area contributed by atoms with Crippen molar-refractivity contribution in [3.8, 4) is 5.69 Å². The average molecular weight is 328 g/mol. The molecule has 1 aromatic carbocycles. The van der Waals surface area contributed by atoms with Crippen molar-refractivity contribution in [2.24, 2.45) is 0 Å². The van der Waals surface area contributed by atoms with Crippen molar-refractivity contribution in [3.05, 3.63) is 48.3 Å². The molecule has 24 heavy (non-hydrogen) atoms. The summed E-state index contributed by atoms with van der Waals surface area (Å²) >= 11 is 0. The summed E-state index contributed by atoms with van der Waals surface area (Å²) in [5.74, 6) is 0. The highest BCUT2D eigenvalue weighted by Gasteiger charge is 2.25. The third kappa shape index (κ3) is 4.14. The van der Waals surface area contributed by atoms with Crippen molar-refractivity contribution in [2.45, 2.75) is 32.5 Å². The highest BCUT2D eigenvalue weighted by atomic mass is 16.5. The Bertz CT molecular complexity index is 661. The number of rotatable bonds is 4. The van der Waals surface area contributed by atoms with Crippen LogP contribution in [0.1, 0.15) is 19.5 Å². The van der Waals surface area contributed by atoms with Crippen LogP contribution in [0, 0.1) is 0 Å². The lowest BCUT2D eigenvalue weighted by molar-refractivity contribution is -0.0544. The number of urea groups is 1. The summed E-state index contributed by atoms with van der Waals surface area (Å²) in [6.45, 7) is 5.83. The zero-order valence-corrected chi connectivity index (χ0v) is 14.2. The van der Waals surface area contributed by atoms with Gasteiger partial charge in [-0.25, -0.2) is 9.48 Å². The number of carbonyl (C=O) groups excluding carboxylic acids is 1. The van der Waals surface area contributed by atoms with E-state index >= 15 is 0 Å². The molecule has 2 amide bonds. The summed E-state index contributed by atoms with van der Waals surface area (Å²) in [7, 11) is 0. The summed E-state index contributed by atoms with van der Waals surface area (Å²) in [5.41, 5.74) is 1.99. The van der Waals surface area contributed by atoms with Crippen molar-refractivity contribution >= 4 is 6.03 Å². The fourth-order valence-electron chi connectivity index (χ4n) is 2.97. The summed E-state index contributed by atoms with van der Waals surface area (Å²) in [4.78, 5) is 14.1. The van der Waals surface area contributed by atoms with Crippen LogP contribution in [-0.2, 0) is 11.2 Å². The number of carbonyl (C=O) groups is 1. The lowest BCUT2D eigenvalue weighted by Gasteiger charge is -2.35. The Morgan fingerprint density at radius 1 is 1.21 bits per heavy atom. The second kappa shape index (κ2) is 7.49. The minimum atomic E-state index is -0.0282. The molecular formula is C18H24N4O2. The van der Waals surface area contributed by atoms with Gasteiger partial charge in [-0.3, -0.25) is 0 Å². The van der Waals surface area contributed by atoms with E-state index < -0.39 is 0 Å². The third-order valence-corrected chi connectivity index (χ3v) is 4.03. The Morgan fingerprint density at radius 2 is 1.92 bits per heavy atom. The molecule has 2 atom stereocenters. The van der Waals surface area contributed by atoms with E-state index in [1.165, 1.54) is 0 Å². The molecule has 2 heterocycles. The van der Waals surface area contributed by atoms with Crippen LogP contribution in [-0.4, -0.2) is 52.6 Å². The largest absolute Gasteiger partial charge is 0.372 e. The predicted octanol–water partition coefficient (Wildman–Crippen LogP) is 2.23. The van der Waals surface area contributed by atoms with Crippen LogP contribution in [0.2, 0.25) is 0 Å². The van der Waals surface area contributed by atoms with Crippen molar-refractivity contribution in [1.82, 2.24) is 20.0 Å². The van der Waals surface area contributed by atoms with E-state index in [0.717, 1.165) is 11.4 Å². The topological polar surface area (TPSA) is 59.4 Å². The first kappa shape index (κ1) is 16.5. The van der Waals surface area contributed by atoms with Gasteiger partial charge in [-0.2, -0.15) is 5.10 Å². The monoisotopic (exact) mass is 328 g/mol. The van der Waals surface area contributed by atoms with Gasteiger partial charge in [0.05, 0.1) is 23.6 Å². The molecule has 1 aliphatic heterocycles. The van der Waals surface area contributed by atoms with Gasteiger partial charge >= 0.3 is 6.03 Å². The highest BCUT2D eigenvalue weighted by molar-refractivity contribution is 5.74. The number of benzene rings is 1. The zero-order valence-electron chi connectivity index (χ0n) is 14.2. The normalized spacial score (nSPS) is 20.8. The maximum absolute atomic E-state index is 12.2. The number of aromatic nitrogens is 2. The minimum absolute atomic E-state index is 0.0282. The van der Waals surface area contributed by atoms with Gasteiger partial charge in [0.1, 0.15) is 0 Å². The number of nitrogens with zero attached hydrogens (tertiary/aromatic N) is 3. The van der Waals surface area contributed by atoms with E-state index in [-0.39, 0.29) is 18.2 Å². The second-order valence-corrected chi connectivity index (χ2v) is 6.23. The summed E-state index contributed by atoms with van der Waals surface area (Å²) in [6, 6.07) is 11.9. The Labute approximate surface area is 142 Å². The van der Waals surface area contributed by atoms with E-state index in [2.05, 4.69) is 10.4 Å². The van der Waals surface area contributed by atoms with Gasteiger partial charge in [-0.1, -0.05) is 18.2 Å². The van der Waals surface area contributed by atoms with Gasteiger partial charge in [0, 0.05) is 32.3 Å². The number of nitrogens with one attached hydrogen (secondary N) is 1. The molecule has 1 saturated heterocycles. The SMILES string of the molecule is C[C@@H]1CN(C(=O)NCCc2ccn(-c3ccccc3)n2)C[C@H](C)O1. The fourth-order valence-corrected chi connectivity index (χ4v) is 2.97. The predicted molar refractivity (Wildman–Crippen MR) is 92.2 cm³/mol. The molecule has 1 N–H and O–H groups in total. The smallest absolute Gasteiger partial charge is 0.317 e. The van der Waals surface area contributed by atoms with Crippen LogP contribution in [0.5, 0.6) is 0 Å². The maximum Gasteiger partial charge on any atom is 0.317 e. The molecule has 128 valence electrons. The van der Waals surface area contributed by atoms with Crippen LogP contribution in [0.4, 0.5) is 4.79 Å². The van der Waals surface area contributed by atoms with Gasteiger partial charge in [0.25, 0.3) is 0 Å². The van der Waals surface area contributed by atoms with E-state index in [1.807, 2.05) is 66.0 Å². The molecule has 0 radical (unpaired) electrons. The molecule has 3 rings (SSSR count). The molecule has 2 aromatic rings. The Hall–Kier alpha value is -2.34. The molecule has 0 saturated carbocycles. The van der Waals surface area contributed by atoms with Gasteiger partial charge in [-0.15, -0.1) is 0 Å². The van der Waals surface area contributed by atoms with E-state index in [9.17, 15) is 4.79 Å². The molecular weight excluding hydrogens is 304 g/mol. The van der Waals surface area contributed by atoms with Gasteiger partial charge in [0.15, 0.2) is 0 Å². The molecule has 6 heteroatoms. The third-order valence-electron chi connectivity index (χ3n) is 4.03. The number of morpholine rings is 1. The molecule has 0 spiro atoms. The molecule has 6 nitrogen and oxygen atoms in total. The quantitative estimate of drug-likeness (QED) is 0.936. The summed E-state index contributed by atoms with van der Waals surface area (Å²) in [6.07, 6.45) is 2.82. The molecule has 0 aliphatic carbocycles. The number of hydrogen-bond donors (Lipinski definition) is 1. The van der Waals surface area contributed by atoms with Crippen molar-refractivity contribution in [2.75, 3.05) is 19.6 Å². The zero-order chi connectivity index (χ0) is 16.9. The standard InChI is InChI=1S/C18H24N4O2/c1-14-12-21(13-15(2)24-14)18(23)19-10-8-16-9-11-22(20-16)17-6-4-3-5-7-17/h3-7,9,11,14-15H,8,10,12-13H2,1-2H3,(H,19,23)/t14-,15+. The first-order valence-electron chi connectivity index (χ1n) is 8.40. The lowest BCUT2D eigenvalue weighted by atomic mass is 10.2. The first-order valence-corrected chi connectivity index (χ1v) is 8.40. The molecule has 1 aliphatic rings. The molecule has 0 unspecified atom stereocenters. The highest BCUT2D eigenvalue weighted by Crippen LogP contribution is 2.10. The van der Waals surface area contributed by atoms with E-state index in [1.54, 1.807) is 0 Å². The van der Waals surface area contributed by atoms with Gasteiger partial charge in [-0.05, 0) is 32.0 Å². The van der Waals surface area contributed by atoms with Crippen LogP contribution < -0.4 is 5.32 Å². The second-order valence-electron chi connectivity index (χ2n) is 6.23. The van der Waals surface area contributed by atoms with Crippen LogP contribution in [0.3, 0.4) is 0 Å². The van der Waals surface area contributed by atoms with Crippen LogP contribution >= 0.6 is 0 Å². The van der Waals surface area contributed by atoms with E-state index in [0.29, 0.717) is 26.1 Å². The Balaban J connectivity index is 1.48. The van der Waals surface area contributed by atoms with Crippen molar-refractivity contribution in [1.29, 1.82) is 0 Å². The van der Waals surface area contributed by atoms with Crippen LogP contribution in [0.15, 0.2) is 42.6 Å². The number of hydrogen-bond acceptors (Lipinski definition) is 3. The number of ether oxygens (including phenoxy) is 1. The molecule has 0 bridgehead atoms. The summed E-state index contributed by atoms with van der Waals surface area (Å²) in [5, 5.41) is 7.52. The van der Waals surface area contributed by atoms with Gasteiger partial charge in [0.2, 0.25) is 0 Å². The first-order chi connectivity index (χ1) is 11.6. The Kier molecular flexibility index (Phi) is 5.15. The minimum Gasteiger partial charge on any atom is -0.372 e. The van der Waals surface area contributed by atoms with Crippen molar-refractivity contribution in [3.63, 3.8) is 0 Å². The molecule has 1 aromatic heterocycles. The van der Waals surface area contributed by atoms with Crippen LogP contribution in [0.25, 0.3) is 5.69 Å². The average Bonchev–Trinajstić information content (AvgIpc) is 3.03. The Morgan fingerprint density at radius 3 is 2.62 bits per heavy atom. The lowest BCUT2D eigenvalue weighted by Crippen LogP contribution is -2.51. The van der Waals surface area contributed by atoms with Gasteiger partial charge < -0.3 is 15.0 Å². The molecule has 1 fully saturated rings. The number of amides is 2. The van der Waals surface area contributed by atoms with Crippen molar-refractivity contribution < 1.29 is 9.53 Å². The fraction of sp³-hybridized carbons (Fsp3) is 0.444. The summed E-state index contributed by atoms with van der Waals surface area (Å²) < 4.78 is 7.50.